The van der Waals surface area contributed by atoms with Crippen LogP contribution in [-0.2, 0) is 22.5 Å². The lowest BCUT2D eigenvalue weighted by molar-refractivity contribution is -0.137. The molecule has 0 aromatic heterocycles. The maximum Gasteiger partial charge on any atom is 0.411 e. The predicted octanol–water partition coefficient (Wildman–Crippen LogP) is 2.87. The molecule has 0 bridgehead atoms. The van der Waals surface area contributed by atoms with Gasteiger partial charge in [-0.1, -0.05) is 6.07 Å². The van der Waals surface area contributed by atoms with E-state index in [4.69, 9.17) is 9.47 Å². The summed E-state index contributed by atoms with van der Waals surface area (Å²) in [5.74, 6) is 0.521. The van der Waals surface area contributed by atoms with E-state index in [9.17, 15) is 14.9 Å². The summed E-state index contributed by atoms with van der Waals surface area (Å²) in [4.78, 5) is 29.3. The van der Waals surface area contributed by atoms with Crippen LogP contribution < -0.4 is 4.74 Å². The maximum atomic E-state index is 13.3. The highest BCUT2D eigenvalue weighted by Crippen LogP contribution is 2.30. The minimum atomic E-state index is -0.676. The molecule has 0 radical (unpaired) electrons. The zero-order valence-electron chi connectivity index (χ0n) is 16.9. The summed E-state index contributed by atoms with van der Waals surface area (Å²) >= 11 is 0. The van der Waals surface area contributed by atoms with Gasteiger partial charge in [-0.25, -0.2) is 4.79 Å². The molecule has 1 saturated heterocycles. The topological polar surface area (TPSA) is 82.9 Å². The molecule has 3 rings (SSSR count). The van der Waals surface area contributed by atoms with Crippen molar-refractivity contribution in [2.75, 3.05) is 13.7 Å². The first-order chi connectivity index (χ1) is 13.2. The number of nitriles is 1. The zero-order chi connectivity index (χ0) is 20.5. The van der Waals surface area contributed by atoms with Crippen LogP contribution in [0.15, 0.2) is 18.2 Å². The number of methoxy groups -OCH3 is 1. The van der Waals surface area contributed by atoms with E-state index in [0.717, 1.165) is 17.5 Å². The predicted molar refractivity (Wildman–Crippen MR) is 103 cm³/mol. The molecular weight excluding hydrogens is 358 g/mol. The van der Waals surface area contributed by atoms with Gasteiger partial charge >= 0.3 is 6.09 Å². The smallest absolute Gasteiger partial charge is 0.411 e. The molecule has 2 aliphatic heterocycles. The van der Waals surface area contributed by atoms with Crippen LogP contribution in [0.5, 0.6) is 5.75 Å². The molecule has 150 valence electrons. The molecule has 0 aliphatic carbocycles. The van der Waals surface area contributed by atoms with E-state index < -0.39 is 23.8 Å². The summed E-state index contributed by atoms with van der Waals surface area (Å²) in [7, 11) is 1.60. The first-order valence-electron chi connectivity index (χ1n) is 9.59. The SMILES string of the molecule is COc1ccc2c(c1)CN(C(=O)OC(C)(C)C)[C@H](C(=O)N1CCC[C@H]1C#N)C2. The van der Waals surface area contributed by atoms with Crippen LogP contribution in [-0.4, -0.2) is 53.1 Å². The second kappa shape index (κ2) is 7.70. The molecule has 7 nitrogen and oxygen atoms in total. The van der Waals surface area contributed by atoms with Crippen LogP contribution in [0, 0.1) is 11.3 Å². The third-order valence-electron chi connectivity index (χ3n) is 5.14. The first kappa shape index (κ1) is 20.0. The van der Waals surface area contributed by atoms with Crippen molar-refractivity contribution in [3.05, 3.63) is 29.3 Å². The van der Waals surface area contributed by atoms with E-state index in [1.54, 1.807) is 32.8 Å². The lowest BCUT2D eigenvalue weighted by Gasteiger charge is -2.39. The number of likely N-dealkylation sites (tertiary alicyclic amines) is 1. The molecule has 2 aliphatic rings. The van der Waals surface area contributed by atoms with Crippen molar-refractivity contribution < 1.29 is 19.1 Å². The van der Waals surface area contributed by atoms with Gasteiger partial charge in [-0.2, -0.15) is 5.26 Å². The number of carbonyl (C=O) groups is 2. The number of hydrogen-bond donors (Lipinski definition) is 0. The van der Waals surface area contributed by atoms with Gasteiger partial charge in [0.15, 0.2) is 0 Å². The van der Waals surface area contributed by atoms with E-state index >= 15 is 0 Å². The molecule has 2 amide bonds. The van der Waals surface area contributed by atoms with Crippen molar-refractivity contribution >= 4 is 12.0 Å². The number of benzene rings is 1. The second-order valence-corrected chi connectivity index (χ2v) is 8.28. The Morgan fingerprint density at radius 3 is 2.61 bits per heavy atom. The molecule has 1 aromatic carbocycles. The summed E-state index contributed by atoms with van der Waals surface area (Å²) in [6.07, 6.45) is 1.35. The molecule has 1 fully saturated rings. The van der Waals surface area contributed by atoms with E-state index in [1.165, 1.54) is 4.90 Å². The third kappa shape index (κ3) is 4.06. The Balaban J connectivity index is 1.93. The van der Waals surface area contributed by atoms with Crippen LogP contribution >= 0.6 is 0 Å². The van der Waals surface area contributed by atoms with E-state index in [0.29, 0.717) is 25.1 Å². The van der Waals surface area contributed by atoms with Gasteiger partial charge in [0.2, 0.25) is 5.91 Å². The van der Waals surface area contributed by atoms with Crippen LogP contribution in [0.25, 0.3) is 0 Å². The number of nitrogens with zero attached hydrogens (tertiary/aromatic N) is 3. The van der Waals surface area contributed by atoms with Gasteiger partial charge in [0.1, 0.15) is 23.4 Å². The Hall–Kier alpha value is -2.75. The maximum absolute atomic E-state index is 13.3. The Morgan fingerprint density at radius 2 is 1.96 bits per heavy atom. The summed E-state index contributed by atoms with van der Waals surface area (Å²) in [5, 5.41) is 9.36. The molecule has 0 N–H and O–H groups in total. The lowest BCUT2D eigenvalue weighted by atomic mass is 9.93. The molecule has 28 heavy (non-hydrogen) atoms. The highest BCUT2D eigenvalue weighted by atomic mass is 16.6. The standard InChI is InChI=1S/C21H27N3O4/c1-21(2,3)28-20(26)24-13-15-10-17(27-4)8-7-14(15)11-18(24)19(25)23-9-5-6-16(23)12-22/h7-8,10,16,18H,5-6,9,11,13H2,1-4H3/t16-,18-/m0/s1. The average molecular weight is 385 g/mol. The van der Waals surface area contributed by atoms with Crippen molar-refractivity contribution in [1.82, 2.24) is 9.80 Å². The number of rotatable bonds is 2. The Kier molecular flexibility index (Phi) is 5.50. The van der Waals surface area contributed by atoms with Gasteiger partial charge in [0, 0.05) is 13.0 Å². The monoisotopic (exact) mass is 385 g/mol. The number of ether oxygens (including phenoxy) is 2. The Bertz CT molecular complexity index is 809. The summed E-state index contributed by atoms with van der Waals surface area (Å²) in [5.41, 5.74) is 1.28. The number of amides is 2. The minimum absolute atomic E-state index is 0.184. The number of fused-ring (bicyclic) bond motifs is 1. The van der Waals surface area contributed by atoms with E-state index in [1.807, 2.05) is 18.2 Å². The van der Waals surface area contributed by atoms with Crippen molar-refractivity contribution in [2.24, 2.45) is 0 Å². The summed E-state index contributed by atoms with van der Waals surface area (Å²) in [6.45, 7) is 6.21. The van der Waals surface area contributed by atoms with Crippen molar-refractivity contribution in [2.45, 2.75) is 64.3 Å². The molecule has 2 atom stereocenters. The first-order valence-corrected chi connectivity index (χ1v) is 9.59. The second-order valence-electron chi connectivity index (χ2n) is 8.28. The van der Waals surface area contributed by atoms with Crippen molar-refractivity contribution in [1.29, 1.82) is 5.26 Å². The van der Waals surface area contributed by atoms with Crippen LogP contribution in [0.2, 0.25) is 0 Å². The minimum Gasteiger partial charge on any atom is -0.497 e. The fourth-order valence-corrected chi connectivity index (χ4v) is 3.78. The molecule has 0 saturated carbocycles. The number of hydrogen-bond acceptors (Lipinski definition) is 5. The van der Waals surface area contributed by atoms with Gasteiger partial charge in [-0.15, -0.1) is 0 Å². The quantitative estimate of drug-likeness (QED) is 0.782. The zero-order valence-corrected chi connectivity index (χ0v) is 16.9. The largest absolute Gasteiger partial charge is 0.497 e. The molecule has 1 aromatic rings. The normalized spacial score (nSPS) is 21.7. The molecule has 7 heteroatoms. The van der Waals surface area contributed by atoms with Gasteiger partial charge in [-0.3, -0.25) is 9.69 Å². The van der Waals surface area contributed by atoms with Gasteiger partial charge < -0.3 is 14.4 Å². The fourth-order valence-electron chi connectivity index (χ4n) is 3.78. The lowest BCUT2D eigenvalue weighted by Crippen LogP contribution is -2.55. The Morgan fingerprint density at radius 1 is 1.21 bits per heavy atom. The van der Waals surface area contributed by atoms with Gasteiger partial charge in [-0.05, 0) is 56.9 Å². The van der Waals surface area contributed by atoms with Gasteiger partial charge in [0.25, 0.3) is 0 Å². The fraction of sp³-hybridized carbons (Fsp3) is 0.571. The van der Waals surface area contributed by atoms with E-state index in [2.05, 4.69) is 6.07 Å². The number of carbonyl (C=O) groups excluding carboxylic acids is 2. The highest BCUT2D eigenvalue weighted by molar-refractivity contribution is 5.87. The molecular formula is C21H27N3O4. The third-order valence-corrected chi connectivity index (χ3v) is 5.14. The molecule has 0 spiro atoms. The summed E-state index contributed by atoms with van der Waals surface area (Å²) in [6, 6.07) is 6.79. The Labute approximate surface area is 165 Å². The average Bonchev–Trinajstić information content (AvgIpc) is 3.13. The van der Waals surface area contributed by atoms with Crippen LogP contribution in [0.1, 0.15) is 44.7 Å². The summed E-state index contributed by atoms with van der Waals surface area (Å²) < 4.78 is 10.9. The van der Waals surface area contributed by atoms with Gasteiger partial charge in [0.05, 0.1) is 19.7 Å². The van der Waals surface area contributed by atoms with Crippen LogP contribution in [0.3, 0.4) is 0 Å². The van der Waals surface area contributed by atoms with Crippen molar-refractivity contribution in [3.63, 3.8) is 0 Å². The van der Waals surface area contributed by atoms with Crippen molar-refractivity contribution in [3.8, 4) is 11.8 Å². The highest BCUT2D eigenvalue weighted by Gasteiger charge is 2.41. The van der Waals surface area contributed by atoms with Crippen LogP contribution in [0.4, 0.5) is 4.79 Å². The molecule has 0 unspecified atom stereocenters. The van der Waals surface area contributed by atoms with E-state index in [-0.39, 0.29) is 12.5 Å². The molecule has 2 heterocycles.